The Labute approximate surface area is 111 Å². The molecule has 2 unspecified atom stereocenters. The van der Waals surface area contributed by atoms with E-state index in [0.29, 0.717) is 5.92 Å². The molecule has 0 aromatic carbocycles. The first-order valence-corrected chi connectivity index (χ1v) is 7.94. The van der Waals surface area contributed by atoms with Gasteiger partial charge in [0, 0.05) is 12.3 Å². The van der Waals surface area contributed by atoms with Crippen molar-refractivity contribution < 1.29 is 8.78 Å². The van der Waals surface area contributed by atoms with Gasteiger partial charge in [0.2, 0.25) is 0 Å². The highest BCUT2D eigenvalue weighted by molar-refractivity contribution is 4.91. The Morgan fingerprint density at radius 1 is 0.833 bits per heavy atom. The summed E-state index contributed by atoms with van der Waals surface area (Å²) in [5.41, 5.74) is 0. The van der Waals surface area contributed by atoms with Gasteiger partial charge < -0.3 is 0 Å². The summed E-state index contributed by atoms with van der Waals surface area (Å²) in [6, 6.07) is 0. The molecule has 2 fully saturated rings. The van der Waals surface area contributed by atoms with Crippen LogP contribution >= 0.6 is 0 Å². The summed E-state index contributed by atoms with van der Waals surface area (Å²) in [5, 5.41) is 0. The maximum Gasteiger partial charge on any atom is 0.251 e. The second-order valence-corrected chi connectivity index (χ2v) is 6.61. The zero-order valence-electron chi connectivity index (χ0n) is 11.9. The van der Waals surface area contributed by atoms with E-state index in [1.807, 2.05) is 6.92 Å². The molecule has 0 heterocycles. The van der Waals surface area contributed by atoms with Crippen LogP contribution in [0.2, 0.25) is 0 Å². The molecule has 106 valence electrons. The molecule has 0 aromatic heterocycles. The van der Waals surface area contributed by atoms with Gasteiger partial charge in [-0.05, 0) is 43.4 Å². The van der Waals surface area contributed by atoms with Gasteiger partial charge in [-0.2, -0.15) is 0 Å². The smallest absolute Gasteiger partial charge is 0.207 e. The fraction of sp³-hybridized carbons (Fsp3) is 1.00. The Kier molecular flexibility index (Phi) is 4.66. The molecule has 2 aliphatic rings. The zero-order valence-corrected chi connectivity index (χ0v) is 11.9. The maximum absolute atomic E-state index is 14.3. The van der Waals surface area contributed by atoms with Crippen LogP contribution in [0.5, 0.6) is 0 Å². The van der Waals surface area contributed by atoms with Crippen molar-refractivity contribution in [2.75, 3.05) is 0 Å². The van der Waals surface area contributed by atoms with Crippen LogP contribution < -0.4 is 0 Å². The Hall–Kier alpha value is -0.140. The number of halogens is 2. The summed E-state index contributed by atoms with van der Waals surface area (Å²) in [7, 11) is 0. The molecule has 2 saturated carbocycles. The van der Waals surface area contributed by atoms with Gasteiger partial charge in [-0.3, -0.25) is 0 Å². The van der Waals surface area contributed by atoms with Crippen LogP contribution in [0.15, 0.2) is 0 Å². The Morgan fingerprint density at radius 2 is 1.39 bits per heavy atom. The van der Waals surface area contributed by atoms with E-state index in [-0.39, 0.29) is 18.3 Å². The molecule has 0 aliphatic heterocycles. The van der Waals surface area contributed by atoms with Crippen molar-refractivity contribution in [1.82, 2.24) is 0 Å². The average molecular weight is 258 g/mol. The predicted octanol–water partition coefficient (Wildman–Crippen LogP) is 5.66. The highest BCUT2D eigenvalue weighted by atomic mass is 19.3. The third-order valence-electron chi connectivity index (χ3n) is 5.60. The van der Waals surface area contributed by atoms with Crippen LogP contribution in [0.4, 0.5) is 8.78 Å². The molecule has 0 radical (unpaired) electrons. The van der Waals surface area contributed by atoms with Gasteiger partial charge in [0.25, 0.3) is 5.92 Å². The Bertz CT molecular complexity index is 254. The van der Waals surface area contributed by atoms with Crippen LogP contribution in [0.25, 0.3) is 0 Å². The standard InChI is InChI=1S/C16H28F2/c1-3-12-5-8-14(9-6-12)15-10-7-13(4-2)11-16(15,17)18/h12-15H,3-11H2,1-2H3. The molecule has 0 saturated heterocycles. The Morgan fingerprint density at radius 3 is 1.89 bits per heavy atom. The van der Waals surface area contributed by atoms with Crippen molar-refractivity contribution in [3.8, 4) is 0 Å². The summed E-state index contributed by atoms with van der Waals surface area (Å²) >= 11 is 0. The topological polar surface area (TPSA) is 0 Å². The summed E-state index contributed by atoms with van der Waals surface area (Å²) in [6.07, 6.45) is 8.58. The van der Waals surface area contributed by atoms with Gasteiger partial charge in [-0.25, -0.2) is 8.78 Å². The fourth-order valence-corrected chi connectivity index (χ4v) is 4.19. The highest BCUT2D eigenvalue weighted by Gasteiger charge is 2.48. The lowest BCUT2D eigenvalue weighted by Crippen LogP contribution is -2.41. The van der Waals surface area contributed by atoms with Gasteiger partial charge in [0.05, 0.1) is 0 Å². The van der Waals surface area contributed by atoms with Gasteiger partial charge in [0.1, 0.15) is 0 Å². The SMILES string of the molecule is CCC1CCC(C2CCC(CC)CC2(F)F)CC1. The summed E-state index contributed by atoms with van der Waals surface area (Å²) in [6.45, 7) is 4.28. The normalized spacial score (nSPS) is 40.7. The number of hydrogen-bond acceptors (Lipinski definition) is 0. The van der Waals surface area contributed by atoms with E-state index in [0.717, 1.165) is 38.0 Å². The minimum atomic E-state index is -2.39. The van der Waals surface area contributed by atoms with Crippen LogP contribution in [-0.4, -0.2) is 5.92 Å². The molecule has 0 spiro atoms. The summed E-state index contributed by atoms with van der Waals surface area (Å²) in [4.78, 5) is 0. The lowest BCUT2D eigenvalue weighted by molar-refractivity contribution is -0.128. The fourth-order valence-electron chi connectivity index (χ4n) is 4.19. The second-order valence-electron chi connectivity index (χ2n) is 6.61. The molecule has 0 N–H and O–H groups in total. The molecule has 0 bridgehead atoms. The van der Waals surface area contributed by atoms with E-state index >= 15 is 0 Å². The predicted molar refractivity (Wildman–Crippen MR) is 71.8 cm³/mol. The molecular weight excluding hydrogens is 230 g/mol. The van der Waals surface area contributed by atoms with Crippen molar-refractivity contribution in [2.45, 2.75) is 77.6 Å². The number of rotatable bonds is 3. The zero-order chi connectivity index (χ0) is 13.2. The van der Waals surface area contributed by atoms with Gasteiger partial charge >= 0.3 is 0 Å². The van der Waals surface area contributed by atoms with Crippen molar-refractivity contribution >= 4 is 0 Å². The molecule has 18 heavy (non-hydrogen) atoms. The van der Waals surface area contributed by atoms with Crippen molar-refractivity contribution in [2.24, 2.45) is 23.7 Å². The molecule has 2 atom stereocenters. The third-order valence-corrected chi connectivity index (χ3v) is 5.60. The molecule has 0 aromatic rings. The molecule has 2 rings (SSSR count). The van der Waals surface area contributed by atoms with Crippen molar-refractivity contribution in [1.29, 1.82) is 0 Å². The van der Waals surface area contributed by atoms with Crippen LogP contribution in [-0.2, 0) is 0 Å². The summed E-state index contributed by atoms with van der Waals surface area (Å²) < 4.78 is 28.5. The van der Waals surface area contributed by atoms with Crippen LogP contribution in [0.3, 0.4) is 0 Å². The van der Waals surface area contributed by atoms with Gasteiger partial charge in [-0.1, -0.05) is 39.5 Å². The number of alkyl halides is 2. The van der Waals surface area contributed by atoms with E-state index < -0.39 is 5.92 Å². The molecule has 2 heteroatoms. The maximum atomic E-state index is 14.3. The van der Waals surface area contributed by atoms with Gasteiger partial charge in [-0.15, -0.1) is 0 Å². The van der Waals surface area contributed by atoms with E-state index in [1.54, 1.807) is 0 Å². The summed E-state index contributed by atoms with van der Waals surface area (Å²) in [5.74, 6) is -1.31. The van der Waals surface area contributed by atoms with E-state index in [9.17, 15) is 8.78 Å². The first-order valence-electron chi connectivity index (χ1n) is 7.94. The molecule has 0 amide bonds. The largest absolute Gasteiger partial charge is 0.251 e. The van der Waals surface area contributed by atoms with Crippen LogP contribution in [0, 0.1) is 23.7 Å². The third kappa shape index (κ3) is 3.05. The Balaban J connectivity index is 1.93. The van der Waals surface area contributed by atoms with E-state index in [2.05, 4.69) is 6.92 Å². The van der Waals surface area contributed by atoms with Crippen LogP contribution in [0.1, 0.15) is 71.6 Å². The quantitative estimate of drug-likeness (QED) is 0.612. The first-order chi connectivity index (χ1) is 8.56. The minimum Gasteiger partial charge on any atom is -0.207 e. The monoisotopic (exact) mass is 258 g/mol. The first kappa shape index (κ1) is 14.3. The van der Waals surface area contributed by atoms with Gasteiger partial charge in [0.15, 0.2) is 0 Å². The van der Waals surface area contributed by atoms with Crippen molar-refractivity contribution in [3.05, 3.63) is 0 Å². The number of hydrogen-bond donors (Lipinski definition) is 0. The highest BCUT2D eigenvalue weighted by Crippen LogP contribution is 2.49. The molecular formula is C16H28F2. The molecule has 0 nitrogen and oxygen atoms in total. The van der Waals surface area contributed by atoms with E-state index in [4.69, 9.17) is 0 Å². The lowest BCUT2D eigenvalue weighted by Gasteiger charge is -2.42. The second kappa shape index (κ2) is 5.88. The lowest BCUT2D eigenvalue weighted by atomic mass is 9.67. The molecule has 2 aliphatic carbocycles. The minimum absolute atomic E-state index is 0.155. The van der Waals surface area contributed by atoms with Crippen molar-refractivity contribution in [3.63, 3.8) is 0 Å². The van der Waals surface area contributed by atoms with E-state index in [1.165, 1.54) is 19.3 Å². The average Bonchev–Trinajstić information content (AvgIpc) is 2.38.